The minimum absolute atomic E-state index is 0. The number of aromatic amines is 1. The van der Waals surface area contributed by atoms with E-state index in [2.05, 4.69) is 201 Å². The summed E-state index contributed by atoms with van der Waals surface area (Å²) in [7, 11) is -7.31. The molecule has 3 aliphatic carbocycles. The fraction of sp³-hybridized carbons (Fsp3) is 0.330. The Hall–Kier alpha value is -11.4. The molecule has 23 nitrogen and oxygen atoms in total. The van der Waals surface area contributed by atoms with Crippen LogP contribution in [-0.2, 0) is 83.5 Å². The molecule has 3 heterocycles. The van der Waals surface area contributed by atoms with E-state index in [-0.39, 0.29) is 37.6 Å². The molecule has 3 aromatic heterocycles. The maximum Gasteiger partial charge on any atom is 0.522 e. The van der Waals surface area contributed by atoms with E-state index in [4.69, 9.17) is 64.4 Å². The van der Waals surface area contributed by atoms with Crippen molar-refractivity contribution in [2.24, 2.45) is 0 Å². The van der Waals surface area contributed by atoms with Gasteiger partial charge in [0.1, 0.15) is 37.0 Å². The second kappa shape index (κ2) is 63.9. The molecule has 744 valence electrons. The summed E-state index contributed by atoms with van der Waals surface area (Å²) in [5.41, 5.74) is 11.0. The number of carboxylic acids is 3. The number of benzene rings is 9. The Morgan fingerprint density at radius 1 is 0.580 bits per heavy atom. The molecular weight excluding hydrogens is 1880 g/mol. The third kappa shape index (κ3) is 44.6. The van der Waals surface area contributed by atoms with Crippen molar-refractivity contribution < 1.29 is 95.0 Å². The number of carboxylic acid groups (broad SMARTS) is 4. The molecule has 32 heteroatoms. The van der Waals surface area contributed by atoms with Crippen molar-refractivity contribution >= 4 is 117 Å². The fourth-order valence-electron chi connectivity index (χ4n) is 14.2. The minimum Gasteiger partial charge on any atom is -0.483 e. The van der Waals surface area contributed by atoms with Crippen LogP contribution in [0.2, 0.25) is 51.4 Å². The summed E-state index contributed by atoms with van der Waals surface area (Å²) < 4.78 is 72.8. The highest BCUT2D eigenvalue weighted by Gasteiger charge is 2.44. The van der Waals surface area contributed by atoms with E-state index in [1.165, 1.54) is 85.7 Å². The van der Waals surface area contributed by atoms with Gasteiger partial charge in [0.15, 0.2) is 5.78 Å². The predicted octanol–water partition coefficient (Wildman–Crippen LogP) is 22.2. The number of H-pyrrole nitrogens is 1. The van der Waals surface area contributed by atoms with Gasteiger partial charge in [0.25, 0.3) is 6.47 Å². The van der Waals surface area contributed by atoms with Gasteiger partial charge in [-0.1, -0.05) is 258 Å². The van der Waals surface area contributed by atoms with Crippen LogP contribution in [0.15, 0.2) is 268 Å². The van der Waals surface area contributed by atoms with Gasteiger partial charge in [-0.2, -0.15) is 21.6 Å². The molecule has 0 spiro atoms. The number of carbonyl (C=O) groups excluding carboxylic acids is 2. The average molecular weight is 2010 g/mol. The normalized spacial score (nSPS) is 13.6. The van der Waals surface area contributed by atoms with Crippen molar-refractivity contribution in [3.05, 3.63) is 363 Å². The number of Topliss-reactive ketones (excluding diaryl/α,β-unsaturated/α-hetero) is 1. The Morgan fingerprint density at radius 2 is 1.05 bits per heavy atom. The number of ether oxygens (including phenoxy) is 2. The van der Waals surface area contributed by atoms with Gasteiger partial charge >= 0.3 is 33.5 Å². The van der Waals surface area contributed by atoms with Crippen LogP contribution in [0, 0.1) is 41.5 Å². The third-order valence-electron chi connectivity index (χ3n) is 21.5. The Balaban J connectivity index is 0.000000400. The molecule has 138 heavy (non-hydrogen) atoms. The number of nitrogens with zero attached hydrogens (tertiary/aromatic N) is 5. The molecular formula is C106H134Cl2F3N6O17PSSi2. The lowest BCUT2D eigenvalue weighted by molar-refractivity contribution is -0.137. The highest BCUT2D eigenvalue weighted by Crippen LogP contribution is 2.42. The number of rotatable bonds is 23. The summed E-state index contributed by atoms with van der Waals surface area (Å²) in [4.78, 5) is 76.1. The molecule has 0 saturated heterocycles. The second-order valence-electron chi connectivity index (χ2n) is 34.3. The first-order valence-electron chi connectivity index (χ1n) is 44.8. The number of aliphatic carboxylic acids is 3. The van der Waals surface area contributed by atoms with Gasteiger partial charge in [-0.3, -0.25) is 28.5 Å². The van der Waals surface area contributed by atoms with Crippen molar-refractivity contribution in [3.63, 3.8) is 0 Å². The number of aliphatic hydroxyl groups is 2. The molecule has 15 rings (SSSR count). The first kappa shape index (κ1) is 121. The maximum absolute atomic E-state index is 11.5. The molecule has 0 amide bonds. The largest absolute Gasteiger partial charge is 0.522 e. The molecule has 0 bridgehead atoms. The van der Waals surface area contributed by atoms with E-state index < -0.39 is 63.2 Å². The lowest BCUT2D eigenvalue weighted by atomic mass is 9.77. The van der Waals surface area contributed by atoms with E-state index >= 15 is 0 Å². The lowest BCUT2D eigenvalue weighted by Gasteiger charge is -2.35. The fourth-order valence-corrected chi connectivity index (χ4v) is 18.2. The van der Waals surface area contributed by atoms with Crippen LogP contribution < -0.4 is 15.9 Å². The van der Waals surface area contributed by atoms with Crippen molar-refractivity contribution in [3.8, 4) is 0 Å². The third-order valence-corrected chi connectivity index (χ3v) is 28.1. The van der Waals surface area contributed by atoms with Crippen molar-refractivity contribution in [2.75, 3.05) is 26.2 Å². The second-order valence-corrected chi connectivity index (χ2v) is 49.5. The lowest BCUT2D eigenvalue weighted by Crippen LogP contribution is -2.35. The van der Waals surface area contributed by atoms with Crippen LogP contribution in [0.1, 0.15) is 162 Å². The monoisotopic (exact) mass is 2010 g/mol. The summed E-state index contributed by atoms with van der Waals surface area (Å²) in [5, 5.41) is 54.3. The topological polar surface area (TPSA) is 361 Å². The number of halogens is 5. The predicted molar refractivity (Wildman–Crippen MR) is 554 cm³/mol. The van der Waals surface area contributed by atoms with Crippen LogP contribution in [-0.4, -0.2) is 157 Å². The van der Waals surface area contributed by atoms with Crippen LogP contribution in [0.5, 0.6) is 0 Å². The molecule has 0 aliphatic heterocycles. The highest BCUT2D eigenvalue weighted by molar-refractivity contribution is 7.86. The Labute approximate surface area is 825 Å². The zero-order valence-corrected chi connectivity index (χ0v) is 86.2. The molecule has 9 aromatic carbocycles. The number of ketones is 1. The number of alkyl halides is 4. The van der Waals surface area contributed by atoms with Crippen molar-refractivity contribution in [1.29, 1.82) is 0 Å². The first-order chi connectivity index (χ1) is 65.2. The molecule has 2 atom stereocenters. The molecule has 12 aromatic rings. The molecule has 8 N–H and O–H groups in total. The van der Waals surface area contributed by atoms with Gasteiger partial charge in [0.05, 0.1) is 12.7 Å². The molecule has 0 radical (unpaired) electrons. The number of hydrogen-bond donors (Lipinski definition) is 8. The van der Waals surface area contributed by atoms with Gasteiger partial charge < -0.3 is 54.2 Å². The Bertz CT molecular complexity index is 5630. The van der Waals surface area contributed by atoms with Gasteiger partial charge in [0.2, 0.25) is 0 Å². The SMILES string of the molecule is CO.C[Si](C)(C)CCOCn1ccnc1.Cc1cccc2c1CCCC2(O)c1nccn1COCC[Si](C)(C)C.Cc1cccc2c1CCCC2=O.Cc1cccc2c1CCCC2c1ncc[nH]1.Cc1ccccc1/C=C\C(=O)O.Cc1ccccc1C=O.Cc1ccccc1CCC(=O)O.Cl.O=C(O)CCCl.O=CO.O=S(=O)(O)C(F)(F)F.c1ccc(P(c2ccccc2)c2ccccc2)cc1. The molecule has 3 aliphatic rings. The molecule has 0 saturated carbocycles. The van der Waals surface area contributed by atoms with Gasteiger partial charge in [0, 0.05) is 115 Å². The van der Waals surface area contributed by atoms with E-state index in [9.17, 15) is 42.3 Å². The number of imidazole rings is 3. The smallest absolute Gasteiger partial charge is 0.483 e. The average Bonchev–Trinajstić information content (AvgIpc) is 1.40. The maximum atomic E-state index is 11.5. The summed E-state index contributed by atoms with van der Waals surface area (Å²) >= 11 is 5.02. The van der Waals surface area contributed by atoms with Gasteiger partial charge in [-0.15, -0.1) is 24.0 Å². The summed E-state index contributed by atoms with van der Waals surface area (Å²) in [5.74, 6) is 0.314. The first-order valence-corrected chi connectivity index (χ1v) is 55.6. The van der Waals surface area contributed by atoms with E-state index in [1.54, 1.807) is 24.8 Å². The number of fused-ring (bicyclic) bond motifs is 3. The zero-order valence-electron chi connectivity index (χ0n) is 80.9. The number of aromatic nitrogens is 6. The highest BCUT2D eigenvalue weighted by atomic mass is 35.5. The number of aliphatic hydroxyl groups excluding tert-OH is 1. The van der Waals surface area contributed by atoms with E-state index in [0.717, 1.165) is 116 Å². The van der Waals surface area contributed by atoms with Crippen LogP contribution >= 0.6 is 31.9 Å². The standard InChI is InChI=1S/C20H30N2O2Si.C18H15P.C14H16N2.C11H12O.C10H12O2.C10H10O2.C9H18N2OSi.C8H8O.C3H5ClO2.CHF3O3S.CH2O2.CH4O.ClH/c1-16-7-5-9-18-17(16)8-6-10-20(18,23)19-21-11-12-22(19)15-24-13-14-25(2,3)4;1-4-10-16(11-5-1)19(17-12-6-2-7-13-17)18-14-8-3-9-15-18;1-10-4-2-6-12-11(10)5-3-7-13(12)14-15-8-9-16-14;1-8-4-2-6-10-9(8)5-3-7-11(10)12;2*1-8-4-2-3-5-9(8)6-7-10(11)12;1-13(2,3)7-6-12-9-11-5-4-10-8-11;1-7-4-2-3-5-8(7)6-9;4-2-1-3(5)6;2-1(3,4)8(5,6)7;2-1-3;1-2;/h5,7,9,11-12,23H,6,8,10,13-15H2,1-4H3;1-15H;2,4,6,8-9,13H,3,5,7H2,1H3,(H,15,16);2,4,6H,3,5,7H2,1H3;2-5H,6-7H2,1H3,(H,11,12);2-7H,1H3,(H,11,12);4-5,8H,6-7,9H2,1-3H3;2-6H,1H3;1-2H2,(H,5,6);(H,5,6,7);1H,(H,2,3);2H,1H3;1H/b;;;;;7-6-;;;;;;;. The summed E-state index contributed by atoms with van der Waals surface area (Å²) in [6, 6.07) is 76.5. The van der Waals surface area contributed by atoms with Crippen LogP contribution in [0.25, 0.3) is 6.08 Å². The minimum atomic E-state index is -5.84. The number of aryl methyl sites for hydroxylation is 7. The number of carbonyl (C=O) groups is 6. The Kier molecular flexibility index (Phi) is 55.9. The Morgan fingerprint density at radius 3 is 1.51 bits per heavy atom. The van der Waals surface area contributed by atoms with Crippen molar-refractivity contribution in [1.82, 2.24) is 29.1 Å². The van der Waals surface area contributed by atoms with Gasteiger partial charge in [-0.05, 0) is 214 Å². The number of nitrogens with one attached hydrogen (secondary N) is 1. The van der Waals surface area contributed by atoms with E-state index in [0.29, 0.717) is 43.8 Å². The quantitative estimate of drug-likeness (QED) is 0.00431. The molecule has 2 unspecified atom stereocenters. The van der Waals surface area contributed by atoms with Gasteiger partial charge in [-0.25, -0.2) is 19.7 Å². The van der Waals surface area contributed by atoms with E-state index in [1.807, 2.05) is 152 Å². The molecule has 0 fully saturated rings. The number of aldehydes is 1. The van der Waals surface area contributed by atoms with Crippen LogP contribution in [0.4, 0.5) is 13.2 Å². The van der Waals surface area contributed by atoms with Crippen LogP contribution in [0.3, 0.4) is 0 Å². The summed E-state index contributed by atoms with van der Waals surface area (Å²) in [6.07, 6.45) is 26.6. The zero-order chi connectivity index (χ0) is 102. The number of hydrogen-bond acceptors (Lipinski definition) is 15. The summed E-state index contributed by atoms with van der Waals surface area (Å²) in [6.45, 7) is 28.9. The van der Waals surface area contributed by atoms with Crippen molar-refractivity contribution in [2.45, 2.75) is 200 Å².